The summed E-state index contributed by atoms with van der Waals surface area (Å²) in [6.07, 6.45) is -0.367. The number of aromatic nitrogens is 1. The van der Waals surface area contributed by atoms with Gasteiger partial charge in [0.05, 0.1) is 12.3 Å². The Kier molecular flexibility index (Phi) is 5.27. The van der Waals surface area contributed by atoms with Gasteiger partial charge in [0.1, 0.15) is 11.4 Å². The number of aliphatic hydroxyl groups is 1. The summed E-state index contributed by atoms with van der Waals surface area (Å²) in [7, 11) is 0. The molecule has 1 aromatic carbocycles. The van der Waals surface area contributed by atoms with E-state index in [1.165, 1.54) is 36.7 Å². The van der Waals surface area contributed by atoms with Crippen LogP contribution >= 0.6 is 0 Å². The summed E-state index contributed by atoms with van der Waals surface area (Å²) >= 11 is 0. The molecule has 3 rings (SSSR count). The van der Waals surface area contributed by atoms with E-state index in [1.807, 2.05) is 0 Å². The van der Waals surface area contributed by atoms with Crippen molar-refractivity contribution in [3.8, 4) is 0 Å². The van der Waals surface area contributed by atoms with E-state index in [-0.39, 0.29) is 29.7 Å². The molecule has 1 aliphatic heterocycles. The molecule has 0 aliphatic carbocycles. The van der Waals surface area contributed by atoms with Crippen LogP contribution in [0.5, 0.6) is 0 Å². The molecule has 0 bridgehead atoms. The predicted octanol–water partition coefficient (Wildman–Crippen LogP) is 3.38. The summed E-state index contributed by atoms with van der Waals surface area (Å²) in [6, 6.07) is 6.52. The molecule has 1 aliphatic rings. The normalized spacial score (nSPS) is 19.5. The van der Waals surface area contributed by atoms with E-state index in [1.54, 1.807) is 6.92 Å². The molecule has 2 aromatic rings. The topological polar surface area (TPSA) is 65.8 Å². The van der Waals surface area contributed by atoms with Crippen molar-refractivity contribution in [3.63, 3.8) is 0 Å². The van der Waals surface area contributed by atoms with Crippen LogP contribution in [-0.2, 0) is 6.61 Å². The fourth-order valence-corrected chi connectivity index (χ4v) is 3.19. The number of alkyl halides is 2. The fourth-order valence-electron chi connectivity index (χ4n) is 3.19. The Labute approximate surface area is 154 Å². The van der Waals surface area contributed by atoms with Gasteiger partial charge in [-0.2, -0.15) is 5.10 Å². The minimum Gasteiger partial charge on any atom is -0.392 e. The van der Waals surface area contributed by atoms with E-state index in [2.05, 4.69) is 10.1 Å². The smallest absolute Gasteiger partial charge is 0.274 e. The number of benzene rings is 1. The van der Waals surface area contributed by atoms with Crippen molar-refractivity contribution in [1.82, 2.24) is 9.99 Å². The van der Waals surface area contributed by atoms with Gasteiger partial charge < -0.3 is 5.11 Å². The lowest BCUT2D eigenvalue weighted by Gasteiger charge is -2.34. The van der Waals surface area contributed by atoms with Crippen LogP contribution in [0.15, 0.2) is 47.8 Å². The van der Waals surface area contributed by atoms with Crippen LogP contribution in [0.2, 0.25) is 0 Å². The lowest BCUT2D eigenvalue weighted by Crippen LogP contribution is -2.51. The molecule has 0 spiro atoms. The standard InChI is InChI=1S/C19H18F3N3O2/c1-2-19(18(21)22)10-16(15-9-14(20)4-3-13(15)11-26)24-25(19)17(27)12-5-7-23-8-6-12/h3-9,18,26H,2,10-11H2,1H3. The van der Waals surface area contributed by atoms with Gasteiger partial charge in [-0.25, -0.2) is 18.2 Å². The maximum Gasteiger partial charge on any atom is 0.274 e. The van der Waals surface area contributed by atoms with Gasteiger partial charge >= 0.3 is 0 Å². The average molecular weight is 377 g/mol. The first kappa shape index (κ1) is 19.0. The summed E-state index contributed by atoms with van der Waals surface area (Å²) < 4.78 is 41.9. The number of nitrogens with zero attached hydrogens (tertiary/aromatic N) is 3. The average Bonchev–Trinajstić information content (AvgIpc) is 3.09. The Hall–Kier alpha value is -2.74. The Bertz CT molecular complexity index is 874. The number of hydrazone groups is 1. The lowest BCUT2D eigenvalue weighted by atomic mass is 9.87. The van der Waals surface area contributed by atoms with Crippen LogP contribution in [0.25, 0.3) is 0 Å². The molecule has 1 N–H and O–H groups in total. The van der Waals surface area contributed by atoms with E-state index in [4.69, 9.17) is 0 Å². The molecule has 27 heavy (non-hydrogen) atoms. The lowest BCUT2D eigenvalue weighted by molar-refractivity contribution is -0.0317. The van der Waals surface area contributed by atoms with Gasteiger partial charge in [-0.05, 0) is 36.2 Å². The molecule has 0 fully saturated rings. The Balaban J connectivity index is 2.10. The van der Waals surface area contributed by atoms with Crippen LogP contribution in [0, 0.1) is 5.82 Å². The van der Waals surface area contributed by atoms with Crippen LogP contribution in [0.1, 0.15) is 41.3 Å². The van der Waals surface area contributed by atoms with Crippen LogP contribution in [0.4, 0.5) is 13.2 Å². The van der Waals surface area contributed by atoms with Crippen molar-refractivity contribution in [2.24, 2.45) is 5.10 Å². The molecule has 142 valence electrons. The van der Waals surface area contributed by atoms with Crippen molar-refractivity contribution in [2.75, 3.05) is 0 Å². The Morgan fingerprint density at radius 2 is 2.00 bits per heavy atom. The zero-order chi connectivity index (χ0) is 19.6. The second-order valence-electron chi connectivity index (χ2n) is 6.29. The number of aliphatic hydroxyl groups excluding tert-OH is 1. The second kappa shape index (κ2) is 7.48. The highest BCUT2D eigenvalue weighted by Gasteiger charge is 2.52. The number of hydrogen-bond donors (Lipinski definition) is 1. The van der Waals surface area contributed by atoms with Crippen molar-refractivity contribution < 1.29 is 23.1 Å². The van der Waals surface area contributed by atoms with E-state index in [9.17, 15) is 23.1 Å². The third-order valence-electron chi connectivity index (χ3n) is 4.81. The molecule has 1 atom stereocenters. The molecule has 0 radical (unpaired) electrons. The SMILES string of the molecule is CCC1(C(F)F)CC(c2cc(F)ccc2CO)=NN1C(=O)c1ccncc1. The van der Waals surface area contributed by atoms with Gasteiger partial charge in [-0.1, -0.05) is 13.0 Å². The Morgan fingerprint density at radius 1 is 1.30 bits per heavy atom. The predicted molar refractivity (Wildman–Crippen MR) is 92.9 cm³/mol. The van der Waals surface area contributed by atoms with Crippen molar-refractivity contribution in [2.45, 2.75) is 38.3 Å². The first-order valence-corrected chi connectivity index (χ1v) is 8.43. The number of hydrogen-bond acceptors (Lipinski definition) is 4. The third-order valence-corrected chi connectivity index (χ3v) is 4.81. The number of halogens is 3. The van der Waals surface area contributed by atoms with E-state index >= 15 is 0 Å². The maximum atomic E-state index is 14.1. The highest BCUT2D eigenvalue weighted by molar-refractivity contribution is 6.06. The first-order valence-electron chi connectivity index (χ1n) is 8.43. The molecule has 1 amide bonds. The minimum absolute atomic E-state index is 0.0434. The molecule has 2 heterocycles. The number of amides is 1. The number of rotatable bonds is 5. The number of carbonyl (C=O) groups is 1. The fraction of sp³-hybridized carbons (Fsp3) is 0.316. The molecule has 5 nitrogen and oxygen atoms in total. The largest absolute Gasteiger partial charge is 0.392 e. The molecule has 0 saturated carbocycles. The number of pyridine rings is 1. The van der Waals surface area contributed by atoms with Crippen LogP contribution in [-0.4, -0.2) is 38.7 Å². The molecule has 8 heteroatoms. The monoisotopic (exact) mass is 377 g/mol. The van der Waals surface area contributed by atoms with Gasteiger partial charge in [0, 0.05) is 29.9 Å². The summed E-state index contributed by atoms with van der Waals surface area (Å²) in [5.74, 6) is -1.26. The van der Waals surface area contributed by atoms with Crippen LogP contribution in [0.3, 0.4) is 0 Å². The van der Waals surface area contributed by atoms with Crippen molar-refractivity contribution >= 4 is 11.6 Å². The third kappa shape index (κ3) is 3.32. The van der Waals surface area contributed by atoms with Crippen LogP contribution < -0.4 is 0 Å². The van der Waals surface area contributed by atoms with Gasteiger partial charge in [0.25, 0.3) is 12.3 Å². The highest BCUT2D eigenvalue weighted by atomic mass is 19.3. The van der Waals surface area contributed by atoms with Crippen molar-refractivity contribution in [3.05, 3.63) is 65.2 Å². The summed E-state index contributed by atoms with van der Waals surface area (Å²) in [5.41, 5.74) is -0.943. The first-order chi connectivity index (χ1) is 12.9. The molecule has 0 saturated heterocycles. The van der Waals surface area contributed by atoms with E-state index in [0.29, 0.717) is 5.56 Å². The van der Waals surface area contributed by atoms with Gasteiger partial charge in [-0.15, -0.1) is 0 Å². The van der Waals surface area contributed by atoms with Gasteiger partial charge in [0.15, 0.2) is 0 Å². The quantitative estimate of drug-likeness (QED) is 0.869. The summed E-state index contributed by atoms with van der Waals surface area (Å²) in [6.45, 7) is 1.15. The highest BCUT2D eigenvalue weighted by Crippen LogP contribution is 2.39. The molecule has 1 unspecified atom stereocenters. The zero-order valence-electron chi connectivity index (χ0n) is 14.6. The van der Waals surface area contributed by atoms with E-state index < -0.39 is 30.3 Å². The molecular weight excluding hydrogens is 359 g/mol. The molecule has 1 aromatic heterocycles. The van der Waals surface area contributed by atoms with Gasteiger partial charge in [-0.3, -0.25) is 9.78 Å². The van der Waals surface area contributed by atoms with Gasteiger partial charge in [0.2, 0.25) is 0 Å². The second-order valence-corrected chi connectivity index (χ2v) is 6.29. The summed E-state index contributed by atoms with van der Waals surface area (Å²) in [5, 5.41) is 14.5. The number of carbonyl (C=O) groups excluding carboxylic acids is 1. The zero-order valence-corrected chi connectivity index (χ0v) is 14.6. The van der Waals surface area contributed by atoms with Crippen molar-refractivity contribution in [1.29, 1.82) is 0 Å². The maximum absolute atomic E-state index is 14.1. The minimum atomic E-state index is -2.86. The Morgan fingerprint density at radius 3 is 2.59 bits per heavy atom. The van der Waals surface area contributed by atoms with E-state index in [0.717, 1.165) is 11.1 Å². The molecular formula is C19H18F3N3O2. The summed E-state index contributed by atoms with van der Waals surface area (Å²) in [4.78, 5) is 16.7.